The molecule has 0 amide bonds. The quantitative estimate of drug-likeness (QED) is 0.690. The van der Waals surface area contributed by atoms with Crippen molar-refractivity contribution in [3.05, 3.63) is 42.2 Å². The average molecular weight is 350 g/mol. The second-order valence-corrected chi connectivity index (χ2v) is 7.33. The van der Waals surface area contributed by atoms with Crippen LogP contribution in [-0.4, -0.2) is 60.9 Å². The Morgan fingerprint density at radius 2 is 2.08 bits per heavy atom. The van der Waals surface area contributed by atoms with Gasteiger partial charge in [-0.1, -0.05) is 6.42 Å². The van der Waals surface area contributed by atoms with Gasteiger partial charge in [0.05, 0.1) is 5.69 Å². The molecule has 2 fully saturated rings. The van der Waals surface area contributed by atoms with E-state index in [0.29, 0.717) is 12.0 Å². The second-order valence-electron chi connectivity index (χ2n) is 7.33. The molecule has 1 saturated heterocycles. The maximum Gasteiger partial charge on any atom is 0.177 e. The smallest absolute Gasteiger partial charge is 0.177 e. The Balaban J connectivity index is 1.20. The van der Waals surface area contributed by atoms with Crippen molar-refractivity contribution < 1.29 is 0 Å². The Morgan fingerprint density at radius 1 is 1.19 bits per heavy atom. The number of likely N-dealkylation sites (N-methyl/N-ethyl adjacent to an activating group) is 1. The first-order valence-corrected chi connectivity index (χ1v) is 9.20. The minimum Gasteiger partial charge on any atom is -0.352 e. The van der Waals surface area contributed by atoms with Gasteiger partial charge in [-0.15, -0.1) is 15.3 Å². The molecule has 5 rings (SSSR count). The van der Waals surface area contributed by atoms with Crippen LogP contribution >= 0.6 is 0 Å². The van der Waals surface area contributed by atoms with Gasteiger partial charge in [0.2, 0.25) is 0 Å². The van der Waals surface area contributed by atoms with E-state index in [4.69, 9.17) is 4.98 Å². The molecule has 1 aliphatic carbocycles. The molecule has 26 heavy (non-hydrogen) atoms. The van der Waals surface area contributed by atoms with E-state index in [2.05, 4.69) is 37.1 Å². The maximum absolute atomic E-state index is 4.79. The van der Waals surface area contributed by atoms with Gasteiger partial charge in [0, 0.05) is 37.8 Å². The lowest BCUT2D eigenvalue weighted by Crippen LogP contribution is -2.58. The van der Waals surface area contributed by atoms with Crippen LogP contribution in [0.3, 0.4) is 0 Å². The van der Waals surface area contributed by atoms with Crippen molar-refractivity contribution in [3.8, 4) is 0 Å². The number of fused-ring (bicyclic) bond motifs is 1. The van der Waals surface area contributed by atoms with Crippen LogP contribution in [0.5, 0.6) is 0 Å². The fourth-order valence-electron chi connectivity index (χ4n) is 3.56. The van der Waals surface area contributed by atoms with Gasteiger partial charge in [0.25, 0.3) is 0 Å². The van der Waals surface area contributed by atoms with E-state index in [-0.39, 0.29) is 0 Å². The highest BCUT2D eigenvalue weighted by atomic mass is 15.4. The third kappa shape index (κ3) is 2.80. The predicted molar refractivity (Wildman–Crippen MR) is 96.9 cm³/mol. The zero-order valence-electron chi connectivity index (χ0n) is 14.9. The molecular weight excluding hydrogens is 328 g/mol. The van der Waals surface area contributed by atoms with Crippen LogP contribution in [0, 0.1) is 0 Å². The lowest BCUT2D eigenvalue weighted by molar-refractivity contribution is 0.194. The van der Waals surface area contributed by atoms with Crippen molar-refractivity contribution in [2.24, 2.45) is 0 Å². The molecule has 0 aromatic carbocycles. The summed E-state index contributed by atoms with van der Waals surface area (Å²) in [5, 5.41) is 12.4. The van der Waals surface area contributed by atoms with Gasteiger partial charge in [-0.2, -0.15) is 4.52 Å². The van der Waals surface area contributed by atoms with Crippen molar-refractivity contribution in [2.75, 3.05) is 25.0 Å². The van der Waals surface area contributed by atoms with Crippen LogP contribution in [0.1, 0.15) is 36.7 Å². The molecule has 4 heterocycles. The molecule has 0 radical (unpaired) electrons. The van der Waals surface area contributed by atoms with E-state index in [1.807, 2.05) is 24.4 Å². The Kier molecular flexibility index (Phi) is 3.77. The molecule has 134 valence electrons. The van der Waals surface area contributed by atoms with Crippen LogP contribution in [-0.2, 0) is 6.54 Å². The fourth-order valence-corrected chi connectivity index (χ4v) is 3.56. The van der Waals surface area contributed by atoms with Crippen LogP contribution in [0.2, 0.25) is 0 Å². The number of aromatic nitrogens is 6. The van der Waals surface area contributed by atoms with Gasteiger partial charge in [0.1, 0.15) is 18.0 Å². The summed E-state index contributed by atoms with van der Waals surface area (Å²) in [5.74, 6) is 2.58. The molecule has 1 saturated carbocycles. The van der Waals surface area contributed by atoms with Gasteiger partial charge >= 0.3 is 0 Å². The van der Waals surface area contributed by atoms with Crippen LogP contribution in [0.25, 0.3) is 5.65 Å². The fraction of sp³-hybridized carbons (Fsp3) is 0.500. The molecule has 3 aromatic heterocycles. The van der Waals surface area contributed by atoms with Gasteiger partial charge in [-0.3, -0.25) is 4.90 Å². The third-order valence-corrected chi connectivity index (χ3v) is 5.57. The van der Waals surface area contributed by atoms with Crippen LogP contribution in [0.4, 0.5) is 5.82 Å². The topological polar surface area (TPSA) is 75.3 Å². The zero-order chi connectivity index (χ0) is 17.5. The molecule has 2 aliphatic rings. The van der Waals surface area contributed by atoms with Crippen LogP contribution < -0.4 is 4.90 Å². The second kappa shape index (κ2) is 6.28. The Labute approximate surface area is 151 Å². The highest BCUT2D eigenvalue weighted by Gasteiger charge is 2.31. The number of hydrogen-bond donors (Lipinski definition) is 0. The minimum absolute atomic E-state index is 0.510. The van der Waals surface area contributed by atoms with E-state index in [9.17, 15) is 0 Å². The molecule has 0 N–H and O–H groups in total. The molecule has 0 atom stereocenters. The molecule has 1 aliphatic heterocycles. The number of rotatable bonds is 5. The van der Waals surface area contributed by atoms with Gasteiger partial charge in [-0.05, 0) is 38.1 Å². The van der Waals surface area contributed by atoms with E-state index >= 15 is 0 Å². The van der Waals surface area contributed by atoms with Gasteiger partial charge in [-0.25, -0.2) is 9.97 Å². The van der Waals surface area contributed by atoms with Crippen LogP contribution in [0.15, 0.2) is 30.7 Å². The first kappa shape index (κ1) is 15.6. The van der Waals surface area contributed by atoms with Gasteiger partial charge < -0.3 is 4.90 Å². The highest BCUT2D eigenvalue weighted by Crippen LogP contribution is 2.34. The monoisotopic (exact) mass is 350 g/mol. The Hall–Kier alpha value is -2.61. The summed E-state index contributed by atoms with van der Waals surface area (Å²) in [6.07, 6.45) is 7.33. The van der Waals surface area contributed by atoms with Crippen molar-refractivity contribution in [2.45, 2.75) is 37.8 Å². The molecule has 0 bridgehead atoms. The Bertz CT molecular complexity index is 912. The standard InChI is InChI=1S/C18H22N8/c1-24(9-14-7-8-19-18(21-14)13-3-2-4-13)15-10-25(11-15)17-6-5-16-22-20-12-26(16)23-17/h5-8,12-13,15H,2-4,9-11H2,1H3. The summed E-state index contributed by atoms with van der Waals surface area (Å²) >= 11 is 0. The average Bonchev–Trinajstić information content (AvgIpc) is 3.00. The Morgan fingerprint density at radius 3 is 2.88 bits per heavy atom. The normalized spacial score (nSPS) is 18.3. The lowest BCUT2D eigenvalue weighted by atomic mass is 9.85. The maximum atomic E-state index is 4.79. The summed E-state index contributed by atoms with van der Waals surface area (Å²) in [4.78, 5) is 13.9. The zero-order valence-corrected chi connectivity index (χ0v) is 14.9. The molecule has 0 unspecified atom stereocenters. The molecule has 8 heteroatoms. The minimum atomic E-state index is 0.510. The van der Waals surface area contributed by atoms with E-state index in [0.717, 1.165) is 42.6 Å². The number of anilines is 1. The molecule has 0 spiro atoms. The first-order valence-electron chi connectivity index (χ1n) is 9.20. The summed E-state index contributed by atoms with van der Waals surface area (Å²) in [5.41, 5.74) is 1.89. The highest BCUT2D eigenvalue weighted by molar-refractivity contribution is 5.47. The molecule has 8 nitrogen and oxygen atoms in total. The third-order valence-electron chi connectivity index (χ3n) is 5.57. The number of hydrogen-bond acceptors (Lipinski definition) is 7. The summed E-state index contributed by atoms with van der Waals surface area (Å²) in [7, 11) is 2.17. The SMILES string of the molecule is CN(Cc1ccnc(C2CCC2)n1)C1CN(c2ccc3nncn3n2)C1. The van der Waals surface area contributed by atoms with E-state index < -0.39 is 0 Å². The summed E-state index contributed by atoms with van der Waals surface area (Å²) < 4.78 is 1.72. The van der Waals surface area contributed by atoms with E-state index in [1.165, 1.54) is 19.3 Å². The molecule has 3 aromatic rings. The van der Waals surface area contributed by atoms with E-state index in [1.54, 1.807) is 10.8 Å². The lowest BCUT2D eigenvalue weighted by Gasteiger charge is -2.44. The predicted octanol–water partition coefficient (Wildman–Crippen LogP) is 1.50. The first-order chi connectivity index (χ1) is 12.8. The van der Waals surface area contributed by atoms with Crippen molar-refractivity contribution in [1.29, 1.82) is 0 Å². The van der Waals surface area contributed by atoms with Crippen molar-refractivity contribution >= 4 is 11.5 Å². The summed E-state index contributed by atoms with van der Waals surface area (Å²) in [6, 6.07) is 6.51. The molecular formula is C18H22N8. The van der Waals surface area contributed by atoms with Gasteiger partial charge in [0.15, 0.2) is 5.65 Å². The number of nitrogens with zero attached hydrogens (tertiary/aromatic N) is 8. The van der Waals surface area contributed by atoms with Crippen molar-refractivity contribution in [1.82, 2.24) is 34.7 Å². The summed E-state index contributed by atoms with van der Waals surface area (Å²) in [6.45, 7) is 2.80. The largest absolute Gasteiger partial charge is 0.352 e. The van der Waals surface area contributed by atoms with Crippen molar-refractivity contribution in [3.63, 3.8) is 0 Å².